The highest BCUT2D eigenvalue weighted by Crippen LogP contribution is 2.28. The lowest BCUT2D eigenvalue weighted by Crippen LogP contribution is -2.25. The third-order valence-electron chi connectivity index (χ3n) is 2.53. The fourth-order valence-electron chi connectivity index (χ4n) is 1.69. The van der Waals surface area contributed by atoms with E-state index in [9.17, 15) is 0 Å². The summed E-state index contributed by atoms with van der Waals surface area (Å²) in [4.78, 5) is 0. The van der Waals surface area contributed by atoms with E-state index in [1.54, 1.807) is 7.11 Å². The van der Waals surface area contributed by atoms with Gasteiger partial charge in [-0.05, 0) is 38.1 Å². The molecule has 90 valence electrons. The van der Waals surface area contributed by atoms with Crippen LogP contribution in [0.4, 0.5) is 0 Å². The summed E-state index contributed by atoms with van der Waals surface area (Å²) >= 11 is 6.08. The van der Waals surface area contributed by atoms with Crippen molar-refractivity contribution in [1.82, 2.24) is 5.32 Å². The molecule has 0 saturated heterocycles. The molecule has 3 nitrogen and oxygen atoms in total. The number of ether oxygens (including phenoxy) is 1. The molecule has 2 atom stereocenters. The second kappa shape index (κ2) is 6.09. The predicted molar refractivity (Wildman–Crippen MR) is 68.1 cm³/mol. The Bertz CT molecular complexity index is 342. The van der Waals surface area contributed by atoms with Gasteiger partial charge in [0.1, 0.15) is 5.75 Å². The molecule has 0 fully saturated rings. The van der Waals surface area contributed by atoms with Gasteiger partial charge in [-0.3, -0.25) is 0 Å². The molecule has 0 aliphatic rings. The Morgan fingerprint density at radius 1 is 1.50 bits per heavy atom. The number of halogens is 1. The predicted octanol–water partition coefficient (Wildman–Crippen LogP) is 2.35. The Morgan fingerprint density at radius 3 is 2.62 bits per heavy atom. The van der Waals surface area contributed by atoms with Gasteiger partial charge in [0, 0.05) is 12.1 Å². The fourth-order valence-corrected chi connectivity index (χ4v) is 1.96. The zero-order valence-corrected chi connectivity index (χ0v) is 10.7. The maximum absolute atomic E-state index is 6.08. The highest BCUT2D eigenvalue weighted by Gasteiger charge is 2.13. The van der Waals surface area contributed by atoms with Gasteiger partial charge >= 0.3 is 0 Å². The molecule has 1 aromatic carbocycles. The van der Waals surface area contributed by atoms with Crippen molar-refractivity contribution < 1.29 is 4.74 Å². The summed E-state index contributed by atoms with van der Waals surface area (Å²) < 4.78 is 5.12. The molecule has 4 heteroatoms. The van der Waals surface area contributed by atoms with Gasteiger partial charge in [-0.1, -0.05) is 17.7 Å². The first-order chi connectivity index (χ1) is 7.58. The molecule has 3 N–H and O–H groups in total. The second-order valence-electron chi connectivity index (χ2n) is 3.95. The molecule has 0 spiro atoms. The van der Waals surface area contributed by atoms with Crippen molar-refractivity contribution in [3.8, 4) is 5.75 Å². The smallest absolute Gasteiger partial charge is 0.137 e. The summed E-state index contributed by atoms with van der Waals surface area (Å²) in [7, 11) is 3.53. The van der Waals surface area contributed by atoms with E-state index >= 15 is 0 Å². The van der Waals surface area contributed by atoms with Gasteiger partial charge in [0.25, 0.3) is 0 Å². The number of nitrogens with two attached hydrogens (primary N) is 1. The summed E-state index contributed by atoms with van der Waals surface area (Å²) in [5.74, 6) is 0.695. The molecule has 1 aromatic rings. The molecule has 2 unspecified atom stereocenters. The molecule has 0 heterocycles. The molecule has 0 saturated carbocycles. The van der Waals surface area contributed by atoms with E-state index in [2.05, 4.69) is 5.32 Å². The van der Waals surface area contributed by atoms with E-state index in [1.165, 1.54) is 0 Å². The van der Waals surface area contributed by atoms with E-state index in [0.29, 0.717) is 10.8 Å². The summed E-state index contributed by atoms with van der Waals surface area (Å²) in [6.07, 6.45) is 0.874. The summed E-state index contributed by atoms with van der Waals surface area (Å²) in [5.41, 5.74) is 6.93. The van der Waals surface area contributed by atoms with Crippen LogP contribution in [-0.4, -0.2) is 20.2 Å². The summed E-state index contributed by atoms with van der Waals surface area (Å²) in [6, 6.07) is 6.18. The van der Waals surface area contributed by atoms with Gasteiger partial charge in [-0.25, -0.2) is 0 Å². The minimum Gasteiger partial charge on any atom is -0.495 e. The Labute approximate surface area is 102 Å². The SMILES string of the molecule is CNC(CC(C)N)c1ccc(OC)c(Cl)c1. The number of benzene rings is 1. The molecule has 0 aromatic heterocycles. The van der Waals surface area contributed by atoms with E-state index in [1.807, 2.05) is 32.2 Å². The average Bonchev–Trinajstić information content (AvgIpc) is 2.25. The van der Waals surface area contributed by atoms with E-state index in [0.717, 1.165) is 12.0 Å². The number of nitrogens with one attached hydrogen (secondary N) is 1. The van der Waals surface area contributed by atoms with Gasteiger partial charge in [0.05, 0.1) is 12.1 Å². The maximum atomic E-state index is 6.08. The van der Waals surface area contributed by atoms with Crippen LogP contribution < -0.4 is 15.8 Å². The van der Waals surface area contributed by atoms with Gasteiger partial charge in [-0.2, -0.15) is 0 Å². The lowest BCUT2D eigenvalue weighted by molar-refractivity contribution is 0.414. The highest BCUT2D eigenvalue weighted by atomic mass is 35.5. The lowest BCUT2D eigenvalue weighted by Gasteiger charge is -2.19. The van der Waals surface area contributed by atoms with Crippen molar-refractivity contribution in [2.24, 2.45) is 5.73 Å². The quantitative estimate of drug-likeness (QED) is 0.833. The first kappa shape index (κ1) is 13.3. The van der Waals surface area contributed by atoms with Crippen molar-refractivity contribution in [2.45, 2.75) is 25.4 Å². The van der Waals surface area contributed by atoms with Gasteiger partial charge in [0.15, 0.2) is 0 Å². The van der Waals surface area contributed by atoms with E-state index in [4.69, 9.17) is 22.1 Å². The largest absolute Gasteiger partial charge is 0.495 e. The molecular formula is C12H19ClN2O. The number of rotatable bonds is 5. The third-order valence-corrected chi connectivity index (χ3v) is 2.83. The van der Waals surface area contributed by atoms with Crippen LogP contribution in [0, 0.1) is 0 Å². The van der Waals surface area contributed by atoms with Crippen LogP contribution in [0.25, 0.3) is 0 Å². The van der Waals surface area contributed by atoms with Crippen LogP contribution in [0.2, 0.25) is 5.02 Å². The Morgan fingerprint density at radius 2 is 2.19 bits per heavy atom. The third kappa shape index (κ3) is 3.37. The number of hydrogen-bond acceptors (Lipinski definition) is 3. The van der Waals surface area contributed by atoms with Crippen LogP contribution in [0.3, 0.4) is 0 Å². The first-order valence-electron chi connectivity index (χ1n) is 5.34. The van der Waals surface area contributed by atoms with Gasteiger partial charge < -0.3 is 15.8 Å². The van der Waals surface area contributed by atoms with Crippen molar-refractivity contribution >= 4 is 11.6 Å². The van der Waals surface area contributed by atoms with Crippen LogP contribution in [-0.2, 0) is 0 Å². The molecule has 0 bridgehead atoms. The molecule has 16 heavy (non-hydrogen) atoms. The van der Waals surface area contributed by atoms with Crippen molar-refractivity contribution in [1.29, 1.82) is 0 Å². The highest BCUT2D eigenvalue weighted by molar-refractivity contribution is 6.32. The average molecular weight is 243 g/mol. The summed E-state index contributed by atoms with van der Waals surface area (Å²) in [5, 5.41) is 3.86. The standard InChI is InChI=1S/C12H19ClN2O/c1-8(14)6-11(15-2)9-4-5-12(16-3)10(13)7-9/h4-5,7-8,11,15H,6,14H2,1-3H3. The van der Waals surface area contributed by atoms with E-state index < -0.39 is 0 Å². The summed E-state index contributed by atoms with van der Waals surface area (Å²) in [6.45, 7) is 2.00. The normalized spacial score (nSPS) is 14.6. The Kier molecular flexibility index (Phi) is 5.06. The fraction of sp³-hybridized carbons (Fsp3) is 0.500. The lowest BCUT2D eigenvalue weighted by atomic mass is 10.0. The molecule has 1 rings (SSSR count). The second-order valence-corrected chi connectivity index (χ2v) is 4.36. The van der Waals surface area contributed by atoms with Crippen LogP contribution in [0.15, 0.2) is 18.2 Å². The molecule has 0 aliphatic carbocycles. The molecular weight excluding hydrogens is 224 g/mol. The molecule has 0 radical (unpaired) electrons. The monoisotopic (exact) mass is 242 g/mol. The first-order valence-corrected chi connectivity index (χ1v) is 5.72. The van der Waals surface area contributed by atoms with Crippen molar-refractivity contribution in [2.75, 3.05) is 14.2 Å². The number of methoxy groups -OCH3 is 1. The van der Waals surface area contributed by atoms with Crippen LogP contribution >= 0.6 is 11.6 Å². The molecule has 0 aliphatic heterocycles. The van der Waals surface area contributed by atoms with Crippen LogP contribution in [0.1, 0.15) is 24.9 Å². The maximum Gasteiger partial charge on any atom is 0.137 e. The van der Waals surface area contributed by atoms with Gasteiger partial charge in [-0.15, -0.1) is 0 Å². The zero-order chi connectivity index (χ0) is 12.1. The van der Waals surface area contributed by atoms with Gasteiger partial charge in [0.2, 0.25) is 0 Å². The van der Waals surface area contributed by atoms with Crippen LogP contribution in [0.5, 0.6) is 5.75 Å². The zero-order valence-electron chi connectivity index (χ0n) is 9.96. The Balaban J connectivity index is 2.89. The van der Waals surface area contributed by atoms with Crippen molar-refractivity contribution in [3.05, 3.63) is 28.8 Å². The topological polar surface area (TPSA) is 47.3 Å². The minimum atomic E-state index is 0.151. The molecule has 0 amide bonds. The minimum absolute atomic E-state index is 0.151. The number of hydrogen-bond donors (Lipinski definition) is 2. The van der Waals surface area contributed by atoms with Crippen molar-refractivity contribution in [3.63, 3.8) is 0 Å². The van der Waals surface area contributed by atoms with E-state index in [-0.39, 0.29) is 12.1 Å². The Hall–Kier alpha value is -0.770.